The lowest BCUT2D eigenvalue weighted by molar-refractivity contribution is -0.136. The normalized spacial score (nSPS) is 25.3. The van der Waals surface area contributed by atoms with Crippen LogP contribution in [0.1, 0.15) is 37.3 Å². The minimum absolute atomic E-state index is 0.0886. The third kappa shape index (κ3) is 3.29. The minimum Gasteiger partial charge on any atom is -0.429 e. The molecule has 0 spiro atoms. The average Bonchev–Trinajstić information content (AvgIpc) is 2.95. The van der Waals surface area contributed by atoms with Crippen molar-refractivity contribution in [3.63, 3.8) is 0 Å². The fourth-order valence-corrected chi connectivity index (χ4v) is 3.34. The Hall–Kier alpha value is -1.38. The average molecular weight is 346 g/mol. The van der Waals surface area contributed by atoms with Gasteiger partial charge >= 0.3 is 6.18 Å². The zero-order valence-electron chi connectivity index (χ0n) is 12.5. The van der Waals surface area contributed by atoms with Crippen LogP contribution < -0.4 is 5.32 Å². The van der Waals surface area contributed by atoms with Crippen LogP contribution in [0, 0.1) is 4.84 Å². The standard InChI is InChI=1S/C15H17F3N2O2S/c1-14(21)4-2-3-11(14)19-7-8-5-9(15(16,17)18)12-10(6-8)20-13(23)22-12/h5-6,11,19,21H,2-4,7H2,1H3,(H,20,23)/t11-,14+/m1/s1. The van der Waals surface area contributed by atoms with Gasteiger partial charge < -0.3 is 19.8 Å². The van der Waals surface area contributed by atoms with E-state index in [0.29, 0.717) is 12.0 Å². The predicted molar refractivity (Wildman–Crippen MR) is 81.5 cm³/mol. The molecule has 2 atom stereocenters. The number of hydrogen-bond donors (Lipinski definition) is 3. The van der Waals surface area contributed by atoms with Crippen molar-refractivity contribution in [2.45, 2.75) is 50.6 Å². The number of halogens is 3. The Morgan fingerprint density at radius 3 is 2.83 bits per heavy atom. The molecule has 0 amide bonds. The predicted octanol–water partition coefficient (Wildman–Crippen LogP) is 3.90. The molecule has 8 heteroatoms. The quantitative estimate of drug-likeness (QED) is 0.738. The summed E-state index contributed by atoms with van der Waals surface area (Å²) in [6, 6.07) is 2.52. The number of aromatic nitrogens is 1. The molecule has 1 saturated carbocycles. The number of oxazole rings is 1. The maximum absolute atomic E-state index is 13.2. The van der Waals surface area contributed by atoms with Gasteiger partial charge in [-0.2, -0.15) is 13.2 Å². The summed E-state index contributed by atoms with van der Waals surface area (Å²) in [4.78, 5) is 2.54. The first-order valence-corrected chi connectivity index (χ1v) is 7.76. The van der Waals surface area contributed by atoms with E-state index < -0.39 is 17.3 Å². The van der Waals surface area contributed by atoms with Gasteiger partial charge in [-0.1, -0.05) is 0 Å². The Labute approximate surface area is 135 Å². The smallest absolute Gasteiger partial charge is 0.420 e. The van der Waals surface area contributed by atoms with E-state index in [1.807, 2.05) is 0 Å². The zero-order valence-corrected chi connectivity index (χ0v) is 13.3. The highest BCUT2D eigenvalue weighted by Gasteiger charge is 2.37. The third-order valence-corrected chi connectivity index (χ3v) is 4.55. The highest BCUT2D eigenvalue weighted by atomic mass is 32.1. The molecule has 0 radical (unpaired) electrons. The molecule has 0 aliphatic heterocycles. The van der Waals surface area contributed by atoms with Crippen molar-refractivity contribution in [3.8, 4) is 0 Å². The van der Waals surface area contributed by atoms with Crippen LogP contribution in [0.15, 0.2) is 16.5 Å². The fraction of sp³-hybridized carbons (Fsp3) is 0.533. The lowest BCUT2D eigenvalue weighted by atomic mass is 10.00. The Morgan fingerprint density at radius 1 is 1.48 bits per heavy atom. The molecule has 4 nitrogen and oxygen atoms in total. The molecule has 126 valence electrons. The van der Waals surface area contributed by atoms with Gasteiger partial charge in [0.2, 0.25) is 0 Å². The van der Waals surface area contributed by atoms with Crippen molar-refractivity contribution in [2.75, 3.05) is 0 Å². The van der Waals surface area contributed by atoms with Gasteiger partial charge in [0, 0.05) is 12.6 Å². The molecule has 3 N–H and O–H groups in total. The molecule has 1 aromatic carbocycles. The summed E-state index contributed by atoms with van der Waals surface area (Å²) in [5, 5.41) is 13.4. The number of nitrogens with one attached hydrogen (secondary N) is 2. The number of aromatic amines is 1. The Bertz CT molecular complexity index is 779. The van der Waals surface area contributed by atoms with Gasteiger partial charge in [0.1, 0.15) is 5.56 Å². The van der Waals surface area contributed by atoms with Gasteiger partial charge in [-0.25, -0.2) is 0 Å². The van der Waals surface area contributed by atoms with E-state index in [4.69, 9.17) is 16.6 Å². The molecule has 0 bridgehead atoms. The summed E-state index contributed by atoms with van der Waals surface area (Å²) in [5.74, 6) is 0. The number of benzene rings is 1. The van der Waals surface area contributed by atoms with Crippen molar-refractivity contribution < 1.29 is 22.7 Å². The number of H-pyrrole nitrogens is 1. The Kier molecular flexibility index (Phi) is 4.02. The van der Waals surface area contributed by atoms with Crippen molar-refractivity contribution in [2.24, 2.45) is 0 Å². The fourth-order valence-electron chi connectivity index (χ4n) is 3.14. The summed E-state index contributed by atoms with van der Waals surface area (Å²) in [7, 11) is 0. The van der Waals surface area contributed by atoms with E-state index in [1.54, 1.807) is 13.0 Å². The molecular weight excluding hydrogens is 329 g/mol. The first kappa shape index (κ1) is 16.5. The highest BCUT2D eigenvalue weighted by Crippen LogP contribution is 2.36. The van der Waals surface area contributed by atoms with Crippen LogP contribution in [0.2, 0.25) is 0 Å². The molecule has 0 unspecified atom stereocenters. The number of rotatable bonds is 3. The topological polar surface area (TPSA) is 61.2 Å². The van der Waals surface area contributed by atoms with Crippen LogP contribution in [0.5, 0.6) is 0 Å². The van der Waals surface area contributed by atoms with Crippen LogP contribution in [0.4, 0.5) is 13.2 Å². The lowest BCUT2D eigenvalue weighted by Gasteiger charge is -2.26. The third-order valence-electron chi connectivity index (χ3n) is 4.36. The van der Waals surface area contributed by atoms with Crippen LogP contribution in [-0.4, -0.2) is 21.7 Å². The van der Waals surface area contributed by atoms with Crippen LogP contribution in [0.3, 0.4) is 0 Å². The number of hydrogen-bond acceptors (Lipinski definition) is 4. The summed E-state index contributed by atoms with van der Waals surface area (Å²) in [6.07, 6.45) is -2.14. The molecule has 3 rings (SSSR count). The second kappa shape index (κ2) is 5.61. The van der Waals surface area contributed by atoms with E-state index in [-0.39, 0.29) is 28.5 Å². The molecule has 1 aromatic heterocycles. The van der Waals surface area contributed by atoms with Crippen LogP contribution in [-0.2, 0) is 12.7 Å². The maximum atomic E-state index is 13.2. The Balaban J connectivity index is 1.91. The second-order valence-corrected chi connectivity index (χ2v) is 6.59. The van der Waals surface area contributed by atoms with Gasteiger partial charge in [-0.15, -0.1) is 0 Å². The SMILES string of the molecule is C[C@]1(O)CCC[C@H]1NCc1cc(C(F)(F)F)c2oc(=S)[nH]c2c1. The monoisotopic (exact) mass is 346 g/mol. The van der Waals surface area contributed by atoms with Crippen molar-refractivity contribution in [1.29, 1.82) is 0 Å². The largest absolute Gasteiger partial charge is 0.429 e. The molecule has 1 heterocycles. The van der Waals surface area contributed by atoms with Crippen molar-refractivity contribution >= 4 is 23.3 Å². The zero-order chi connectivity index (χ0) is 16.8. The first-order chi connectivity index (χ1) is 10.7. The van der Waals surface area contributed by atoms with Crippen LogP contribution in [0.25, 0.3) is 11.1 Å². The summed E-state index contributed by atoms with van der Waals surface area (Å²) in [6.45, 7) is 1.97. The summed E-state index contributed by atoms with van der Waals surface area (Å²) in [5.41, 5.74) is -1.28. The first-order valence-electron chi connectivity index (χ1n) is 7.35. The number of aliphatic hydroxyl groups is 1. The molecule has 23 heavy (non-hydrogen) atoms. The molecule has 0 saturated heterocycles. The van der Waals surface area contributed by atoms with Gasteiger partial charge in [0.15, 0.2) is 5.58 Å². The lowest BCUT2D eigenvalue weighted by Crippen LogP contribution is -2.44. The second-order valence-electron chi connectivity index (χ2n) is 6.22. The maximum Gasteiger partial charge on any atom is 0.420 e. The molecule has 1 aliphatic rings. The van der Waals surface area contributed by atoms with Gasteiger partial charge in [0.05, 0.1) is 11.1 Å². The molecule has 2 aromatic rings. The number of fused-ring (bicyclic) bond motifs is 1. The van der Waals surface area contributed by atoms with E-state index in [0.717, 1.165) is 18.9 Å². The van der Waals surface area contributed by atoms with E-state index in [1.165, 1.54) is 0 Å². The van der Waals surface area contributed by atoms with Gasteiger partial charge in [-0.3, -0.25) is 0 Å². The highest BCUT2D eigenvalue weighted by molar-refractivity contribution is 7.71. The Morgan fingerprint density at radius 2 is 2.22 bits per heavy atom. The summed E-state index contributed by atoms with van der Waals surface area (Å²) < 4.78 is 44.6. The minimum atomic E-state index is -4.53. The van der Waals surface area contributed by atoms with Crippen molar-refractivity contribution in [1.82, 2.24) is 10.3 Å². The van der Waals surface area contributed by atoms with Gasteiger partial charge in [0.25, 0.3) is 4.84 Å². The van der Waals surface area contributed by atoms with Gasteiger partial charge in [-0.05, 0) is 56.1 Å². The summed E-state index contributed by atoms with van der Waals surface area (Å²) >= 11 is 4.78. The molecular formula is C15H17F3N2O2S. The molecule has 1 fully saturated rings. The van der Waals surface area contributed by atoms with Crippen molar-refractivity contribution in [3.05, 3.63) is 28.1 Å². The van der Waals surface area contributed by atoms with E-state index >= 15 is 0 Å². The molecule has 1 aliphatic carbocycles. The van der Waals surface area contributed by atoms with Crippen LogP contribution >= 0.6 is 12.2 Å². The van der Waals surface area contributed by atoms with E-state index in [9.17, 15) is 18.3 Å². The van der Waals surface area contributed by atoms with E-state index in [2.05, 4.69) is 10.3 Å². The number of alkyl halides is 3.